The number of urea groups is 1. The number of hydrogen-bond donors (Lipinski definition) is 2. The Bertz CT molecular complexity index is 447. The molecule has 0 aliphatic carbocycles. The van der Waals surface area contributed by atoms with E-state index in [1.165, 1.54) is 0 Å². The zero-order valence-electron chi connectivity index (χ0n) is 13.4. The second-order valence-corrected chi connectivity index (χ2v) is 5.41. The lowest BCUT2D eigenvalue weighted by molar-refractivity contribution is 0.108. The first-order valence-electron chi connectivity index (χ1n) is 7.30. The van der Waals surface area contributed by atoms with Crippen molar-refractivity contribution in [1.82, 2.24) is 5.32 Å². The molecular formula is C16H26N2O3. The maximum Gasteiger partial charge on any atom is 0.319 e. The van der Waals surface area contributed by atoms with Crippen LogP contribution in [0.3, 0.4) is 0 Å². The summed E-state index contributed by atoms with van der Waals surface area (Å²) in [5.74, 6) is 1.20. The number of hydrogen-bond acceptors (Lipinski definition) is 3. The van der Waals surface area contributed by atoms with Crippen LogP contribution in [-0.4, -0.2) is 32.9 Å². The van der Waals surface area contributed by atoms with E-state index in [1.807, 2.05) is 25.1 Å². The van der Waals surface area contributed by atoms with Crippen LogP contribution in [0.25, 0.3) is 0 Å². The Morgan fingerprint density at radius 3 is 2.76 bits per heavy atom. The third-order valence-corrected chi connectivity index (χ3v) is 2.81. The van der Waals surface area contributed by atoms with Crippen molar-refractivity contribution in [2.45, 2.75) is 27.2 Å². The van der Waals surface area contributed by atoms with Crippen molar-refractivity contribution >= 4 is 11.7 Å². The fourth-order valence-corrected chi connectivity index (χ4v) is 1.76. The van der Waals surface area contributed by atoms with Crippen molar-refractivity contribution in [3.05, 3.63) is 23.8 Å². The van der Waals surface area contributed by atoms with Crippen LogP contribution in [0, 0.1) is 12.8 Å². The van der Waals surface area contributed by atoms with E-state index >= 15 is 0 Å². The Morgan fingerprint density at radius 1 is 1.33 bits per heavy atom. The van der Waals surface area contributed by atoms with Crippen LogP contribution in [0.4, 0.5) is 10.5 Å². The van der Waals surface area contributed by atoms with E-state index in [0.717, 1.165) is 18.6 Å². The van der Waals surface area contributed by atoms with E-state index in [0.29, 0.717) is 30.5 Å². The van der Waals surface area contributed by atoms with Gasteiger partial charge >= 0.3 is 6.03 Å². The Balaban J connectivity index is 2.28. The van der Waals surface area contributed by atoms with Gasteiger partial charge in [-0.3, -0.25) is 0 Å². The topological polar surface area (TPSA) is 59.6 Å². The summed E-state index contributed by atoms with van der Waals surface area (Å²) in [4.78, 5) is 11.8. The molecular weight excluding hydrogens is 268 g/mol. The van der Waals surface area contributed by atoms with Gasteiger partial charge in [-0.25, -0.2) is 4.79 Å². The van der Waals surface area contributed by atoms with Gasteiger partial charge in [0.05, 0.1) is 12.8 Å². The van der Waals surface area contributed by atoms with E-state index in [2.05, 4.69) is 24.5 Å². The van der Waals surface area contributed by atoms with Crippen molar-refractivity contribution in [1.29, 1.82) is 0 Å². The number of rotatable bonds is 8. The van der Waals surface area contributed by atoms with E-state index in [4.69, 9.17) is 9.47 Å². The van der Waals surface area contributed by atoms with Crippen LogP contribution in [-0.2, 0) is 4.74 Å². The highest BCUT2D eigenvalue weighted by Crippen LogP contribution is 2.24. The summed E-state index contributed by atoms with van der Waals surface area (Å²) < 4.78 is 10.7. The van der Waals surface area contributed by atoms with Gasteiger partial charge in [0.1, 0.15) is 5.75 Å². The maximum atomic E-state index is 11.8. The molecule has 0 spiro atoms. The Kier molecular flexibility index (Phi) is 7.61. The summed E-state index contributed by atoms with van der Waals surface area (Å²) >= 11 is 0. The third-order valence-electron chi connectivity index (χ3n) is 2.81. The molecule has 1 aromatic carbocycles. The number of amides is 2. The molecule has 21 heavy (non-hydrogen) atoms. The highest BCUT2D eigenvalue weighted by atomic mass is 16.5. The number of methoxy groups -OCH3 is 1. The quantitative estimate of drug-likeness (QED) is 0.724. The van der Waals surface area contributed by atoms with E-state index in [9.17, 15) is 4.79 Å². The summed E-state index contributed by atoms with van der Waals surface area (Å²) in [6.45, 7) is 8.20. The van der Waals surface area contributed by atoms with E-state index in [-0.39, 0.29) is 6.03 Å². The molecule has 5 nitrogen and oxygen atoms in total. The minimum atomic E-state index is -0.235. The number of ether oxygens (including phenoxy) is 2. The number of aryl methyl sites for hydroxylation is 1. The summed E-state index contributed by atoms with van der Waals surface area (Å²) in [7, 11) is 1.59. The highest BCUT2D eigenvalue weighted by molar-refractivity contribution is 5.90. The number of carbonyl (C=O) groups excluding carboxylic acids is 1. The highest BCUT2D eigenvalue weighted by Gasteiger charge is 2.06. The SMILES string of the molecule is COc1cc(C)ccc1NC(=O)NCCCOCC(C)C. The van der Waals surface area contributed by atoms with Crippen LogP contribution >= 0.6 is 0 Å². The molecule has 0 fully saturated rings. The molecule has 0 aromatic heterocycles. The number of benzene rings is 1. The van der Waals surface area contributed by atoms with Crippen LogP contribution in [0.15, 0.2) is 18.2 Å². The molecule has 0 saturated carbocycles. The molecule has 0 saturated heterocycles. The summed E-state index contributed by atoms with van der Waals surface area (Å²) in [6, 6.07) is 5.41. The Hall–Kier alpha value is -1.75. The molecule has 0 unspecified atom stereocenters. The van der Waals surface area contributed by atoms with Crippen LogP contribution < -0.4 is 15.4 Å². The second kappa shape index (κ2) is 9.23. The fourth-order valence-electron chi connectivity index (χ4n) is 1.76. The molecule has 118 valence electrons. The number of carbonyl (C=O) groups is 1. The average Bonchev–Trinajstić information content (AvgIpc) is 2.44. The number of anilines is 1. The molecule has 0 bridgehead atoms. The molecule has 1 rings (SSSR count). The van der Waals surface area contributed by atoms with Gasteiger partial charge in [-0.05, 0) is 37.0 Å². The van der Waals surface area contributed by atoms with Gasteiger partial charge in [-0.2, -0.15) is 0 Å². The molecule has 2 N–H and O–H groups in total. The average molecular weight is 294 g/mol. The third kappa shape index (κ3) is 6.99. The van der Waals surface area contributed by atoms with Crippen molar-refractivity contribution < 1.29 is 14.3 Å². The molecule has 0 aliphatic heterocycles. The van der Waals surface area contributed by atoms with E-state index in [1.54, 1.807) is 7.11 Å². The number of nitrogens with one attached hydrogen (secondary N) is 2. The predicted octanol–water partition coefficient (Wildman–Crippen LogP) is 3.19. The van der Waals surface area contributed by atoms with Gasteiger partial charge in [-0.1, -0.05) is 19.9 Å². The van der Waals surface area contributed by atoms with E-state index < -0.39 is 0 Å². The van der Waals surface area contributed by atoms with Crippen molar-refractivity contribution in [2.75, 3.05) is 32.2 Å². The molecule has 0 aliphatic rings. The van der Waals surface area contributed by atoms with Crippen molar-refractivity contribution in [2.24, 2.45) is 5.92 Å². The molecule has 0 heterocycles. The standard InChI is InChI=1S/C16H26N2O3/c1-12(2)11-21-9-5-8-17-16(19)18-14-7-6-13(3)10-15(14)20-4/h6-7,10,12H,5,8-9,11H2,1-4H3,(H2,17,18,19). The normalized spacial score (nSPS) is 10.5. The predicted molar refractivity (Wildman–Crippen MR) is 85.0 cm³/mol. The molecule has 5 heteroatoms. The van der Waals surface area contributed by atoms with Gasteiger partial charge < -0.3 is 20.1 Å². The Labute approximate surface area is 127 Å². The van der Waals surface area contributed by atoms with Crippen LogP contribution in [0.2, 0.25) is 0 Å². The minimum Gasteiger partial charge on any atom is -0.495 e. The van der Waals surface area contributed by atoms with Gasteiger partial charge in [0.15, 0.2) is 0 Å². The van der Waals surface area contributed by atoms with Gasteiger partial charge in [0.2, 0.25) is 0 Å². The first kappa shape index (κ1) is 17.3. The summed E-state index contributed by atoms with van der Waals surface area (Å²) in [5.41, 5.74) is 1.75. The van der Waals surface area contributed by atoms with Crippen molar-refractivity contribution in [3.8, 4) is 5.75 Å². The van der Waals surface area contributed by atoms with Gasteiger partial charge in [-0.15, -0.1) is 0 Å². The summed E-state index contributed by atoms with van der Waals surface area (Å²) in [6.07, 6.45) is 0.797. The molecule has 1 aromatic rings. The molecule has 0 radical (unpaired) electrons. The largest absolute Gasteiger partial charge is 0.495 e. The van der Waals surface area contributed by atoms with Crippen LogP contribution in [0.5, 0.6) is 5.75 Å². The lowest BCUT2D eigenvalue weighted by Crippen LogP contribution is -2.30. The van der Waals surface area contributed by atoms with Crippen LogP contribution in [0.1, 0.15) is 25.8 Å². The molecule has 2 amide bonds. The fraction of sp³-hybridized carbons (Fsp3) is 0.562. The van der Waals surface area contributed by atoms with Gasteiger partial charge in [0, 0.05) is 19.8 Å². The smallest absolute Gasteiger partial charge is 0.319 e. The zero-order chi connectivity index (χ0) is 15.7. The monoisotopic (exact) mass is 294 g/mol. The van der Waals surface area contributed by atoms with Crippen molar-refractivity contribution in [3.63, 3.8) is 0 Å². The maximum absolute atomic E-state index is 11.8. The Morgan fingerprint density at radius 2 is 2.10 bits per heavy atom. The lowest BCUT2D eigenvalue weighted by atomic mass is 10.2. The second-order valence-electron chi connectivity index (χ2n) is 5.41. The summed E-state index contributed by atoms with van der Waals surface area (Å²) in [5, 5.41) is 5.58. The first-order valence-corrected chi connectivity index (χ1v) is 7.30. The molecule has 0 atom stereocenters. The zero-order valence-corrected chi connectivity index (χ0v) is 13.4. The van der Waals surface area contributed by atoms with Gasteiger partial charge in [0.25, 0.3) is 0 Å². The minimum absolute atomic E-state index is 0.235. The lowest BCUT2D eigenvalue weighted by Gasteiger charge is -2.12. The first-order chi connectivity index (χ1) is 10.0.